The van der Waals surface area contributed by atoms with Crippen LogP contribution < -0.4 is 0 Å². The van der Waals surface area contributed by atoms with Crippen molar-refractivity contribution in [1.29, 1.82) is 0 Å². The average Bonchev–Trinajstić information content (AvgIpc) is 2.62. The summed E-state index contributed by atoms with van der Waals surface area (Å²) in [7, 11) is 3.59. The molecular weight excluding hydrogens is 196 g/mol. The summed E-state index contributed by atoms with van der Waals surface area (Å²) >= 11 is 1.80. The highest BCUT2D eigenvalue weighted by Crippen LogP contribution is 2.24. The Kier molecular flexibility index (Phi) is 2.46. The first-order chi connectivity index (χ1) is 6.68. The number of nitrogens with zero attached hydrogens (tertiary/aromatic N) is 2. The lowest BCUT2D eigenvalue weighted by Crippen LogP contribution is -2.41. The maximum atomic E-state index is 11.7. The van der Waals surface area contributed by atoms with Gasteiger partial charge >= 0.3 is 6.03 Å². The average molecular weight is 210 g/mol. The molecule has 0 saturated heterocycles. The maximum absolute atomic E-state index is 11.7. The molecule has 0 aliphatic carbocycles. The zero-order chi connectivity index (χ0) is 10.1. The lowest BCUT2D eigenvalue weighted by atomic mass is 10.1. The van der Waals surface area contributed by atoms with Gasteiger partial charge in [0.25, 0.3) is 0 Å². The van der Waals surface area contributed by atoms with Crippen LogP contribution in [-0.2, 0) is 13.0 Å². The molecule has 0 fully saturated rings. The van der Waals surface area contributed by atoms with E-state index in [0.29, 0.717) is 0 Å². The molecule has 1 aliphatic heterocycles. The Balaban J connectivity index is 2.11. The molecule has 14 heavy (non-hydrogen) atoms. The van der Waals surface area contributed by atoms with Gasteiger partial charge in [0.05, 0.1) is 0 Å². The Morgan fingerprint density at radius 1 is 1.57 bits per heavy atom. The topological polar surface area (TPSA) is 23.6 Å². The molecule has 1 aromatic heterocycles. The van der Waals surface area contributed by atoms with Crippen LogP contribution in [0.5, 0.6) is 0 Å². The van der Waals surface area contributed by atoms with E-state index in [1.54, 1.807) is 30.3 Å². The van der Waals surface area contributed by atoms with Gasteiger partial charge in [-0.2, -0.15) is 0 Å². The zero-order valence-electron chi connectivity index (χ0n) is 8.49. The molecule has 0 unspecified atom stereocenters. The predicted octanol–water partition coefficient (Wildman–Crippen LogP) is 1.79. The van der Waals surface area contributed by atoms with E-state index >= 15 is 0 Å². The van der Waals surface area contributed by atoms with Gasteiger partial charge in [-0.05, 0) is 23.4 Å². The molecule has 0 radical (unpaired) electrons. The number of carbonyl (C=O) groups is 1. The summed E-state index contributed by atoms with van der Waals surface area (Å²) in [5, 5.41) is 2.11. The Bertz CT molecular complexity index is 346. The first kappa shape index (κ1) is 9.52. The number of thiophene rings is 1. The molecule has 0 N–H and O–H groups in total. The third-order valence-electron chi connectivity index (χ3n) is 2.46. The van der Waals surface area contributed by atoms with Crippen molar-refractivity contribution in [1.82, 2.24) is 9.80 Å². The molecule has 4 heteroatoms. The molecule has 0 aromatic carbocycles. The van der Waals surface area contributed by atoms with Crippen molar-refractivity contribution in [3.8, 4) is 0 Å². The number of fused-ring (bicyclic) bond motifs is 1. The third kappa shape index (κ3) is 1.62. The van der Waals surface area contributed by atoms with Gasteiger partial charge in [0.15, 0.2) is 0 Å². The molecule has 76 valence electrons. The van der Waals surface area contributed by atoms with E-state index in [2.05, 4.69) is 11.4 Å². The minimum absolute atomic E-state index is 0.113. The predicted molar refractivity (Wildman–Crippen MR) is 57.5 cm³/mol. The second-order valence-corrected chi connectivity index (χ2v) is 4.72. The highest BCUT2D eigenvalue weighted by Gasteiger charge is 2.22. The Hall–Kier alpha value is -1.03. The second kappa shape index (κ2) is 3.61. The SMILES string of the molecule is CN(C)C(=O)N1CCc2sccc2C1. The van der Waals surface area contributed by atoms with Crippen LogP contribution in [0.25, 0.3) is 0 Å². The van der Waals surface area contributed by atoms with Crippen LogP contribution in [0.4, 0.5) is 4.79 Å². The number of hydrogen-bond donors (Lipinski definition) is 0. The van der Waals surface area contributed by atoms with Crippen LogP contribution in [0.1, 0.15) is 10.4 Å². The monoisotopic (exact) mass is 210 g/mol. The summed E-state index contributed by atoms with van der Waals surface area (Å²) < 4.78 is 0. The molecule has 0 spiro atoms. The third-order valence-corrected chi connectivity index (χ3v) is 3.48. The number of carbonyl (C=O) groups excluding carboxylic acids is 1. The molecule has 0 atom stereocenters. The van der Waals surface area contributed by atoms with Crippen molar-refractivity contribution >= 4 is 17.4 Å². The van der Waals surface area contributed by atoms with Crippen LogP contribution >= 0.6 is 11.3 Å². The van der Waals surface area contributed by atoms with Gasteiger partial charge in [0, 0.05) is 32.1 Å². The van der Waals surface area contributed by atoms with E-state index < -0.39 is 0 Å². The summed E-state index contributed by atoms with van der Waals surface area (Å²) in [6.07, 6.45) is 1.01. The van der Waals surface area contributed by atoms with E-state index in [4.69, 9.17) is 0 Å². The van der Waals surface area contributed by atoms with Crippen molar-refractivity contribution in [3.05, 3.63) is 21.9 Å². The maximum Gasteiger partial charge on any atom is 0.319 e. The largest absolute Gasteiger partial charge is 0.331 e. The number of urea groups is 1. The molecule has 0 bridgehead atoms. The lowest BCUT2D eigenvalue weighted by molar-refractivity contribution is 0.166. The van der Waals surface area contributed by atoms with Gasteiger partial charge in [-0.15, -0.1) is 11.3 Å². The van der Waals surface area contributed by atoms with E-state index in [9.17, 15) is 4.79 Å². The summed E-state index contributed by atoms with van der Waals surface area (Å²) in [5.74, 6) is 0. The van der Waals surface area contributed by atoms with Gasteiger partial charge in [0.1, 0.15) is 0 Å². The minimum Gasteiger partial charge on any atom is -0.331 e. The van der Waals surface area contributed by atoms with Crippen LogP contribution in [0, 0.1) is 0 Å². The highest BCUT2D eigenvalue weighted by molar-refractivity contribution is 7.10. The molecule has 1 aliphatic rings. The van der Waals surface area contributed by atoms with Crippen molar-refractivity contribution in [2.24, 2.45) is 0 Å². The fraction of sp³-hybridized carbons (Fsp3) is 0.500. The minimum atomic E-state index is 0.113. The Morgan fingerprint density at radius 3 is 3.07 bits per heavy atom. The number of hydrogen-bond acceptors (Lipinski definition) is 2. The fourth-order valence-electron chi connectivity index (χ4n) is 1.69. The van der Waals surface area contributed by atoms with Crippen molar-refractivity contribution in [2.75, 3.05) is 20.6 Å². The molecule has 2 heterocycles. The summed E-state index contributed by atoms with van der Waals surface area (Å²) in [4.78, 5) is 16.7. The van der Waals surface area contributed by atoms with E-state index in [-0.39, 0.29) is 6.03 Å². The van der Waals surface area contributed by atoms with Gasteiger partial charge in [0.2, 0.25) is 0 Å². The first-order valence-electron chi connectivity index (χ1n) is 4.70. The van der Waals surface area contributed by atoms with Crippen molar-refractivity contribution in [3.63, 3.8) is 0 Å². The summed E-state index contributed by atoms with van der Waals surface area (Å²) in [5.41, 5.74) is 1.32. The Labute approximate surface area is 87.9 Å². The summed E-state index contributed by atoms with van der Waals surface area (Å²) in [6.45, 7) is 1.63. The fourth-order valence-corrected chi connectivity index (χ4v) is 2.58. The van der Waals surface area contributed by atoms with E-state index in [1.165, 1.54) is 10.4 Å². The van der Waals surface area contributed by atoms with Crippen LogP contribution in [0.3, 0.4) is 0 Å². The normalized spacial score (nSPS) is 15.1. The molecule has 1 aromatic rings. The molecular formula is C10H14N2OS. The highest BCUT2D eigenvalue weighted by atomic mass is 32.1. The van der Waals surface area contributed by atoms with Crippen LogP contribution in [0.2, 0.25) is 0 Å². The number of rotatable bonds is 0. The molecule has 3 nitrogen and oxygen atoms in total. The quantitative estimate of drug-likeness (QED) is 0.640. The smallest absolute Gasteiger partial charge is 0.319 e. The zero-order valence-corrected chi connectivity index (χ0v) is 9.30. The van der Waals surface area contributed by atoms with E-state index in [1.807, 2.05) is 4.90 Å². The van der Waals surface area contributed by atoms with Crippen LogP contribution in [0.15, 0.2) is 11.4 Å². The Morgan fingerprint density at radius 2 is 2.36 bits per heavy atom. The van der Waals surface area contributed by atoms with Crippen molar-refractivity contribution < 1.29 is 4.79 Å². The second-order valence-electron chi connectivity index (χ2n) is 3.72. The number of amides is 2. The molecule has 2 amide bonds. The molecule has 2 rings (SSSR count). The van der Waals surface area contributed by atoms with Gasteiger partial charge in [-0.25, -0.2) is 4.79 Å². The van der Waals surface area contributed by atoms with E-state index in [0.717, 1.165) is 19.5 Å². The molecule has 0 saturated carbocycles. The van der Waals surface area contributed by atoms with Crippen molar-refractivity contribution in [2.45, 2.75) is 13.0 Å². The van der Waals surface area contributed by atoms with Gasteiger partial charge in [-0.1, -0.05) is 0 Å². The first-order valence-corrected chi connectivity index (χ1v) is 5.58. The summed E-state index contributed by atoms with van der Waals surface area (Å²) in [6, 6.07) is 2.23. The van der Waals surface area contributed by atoms with Gasteiger partial charge in [-0.3, -0.25) is 0 Å². The standard InChI is InChI=1S/C10H14N2OS/c1-11(2)10(13)12-5-3-9-8(7-12)4-6-14-9/h4,6H,3,5,7H2,1-2H3. The van der Waals surface area contributed by atoms with Gasteiger partial charge < -0.3 is 9.80 Å². The van der Waals surface area contributed by atoms with Crippen LogP contribution in [-0.4, -0.2) is 36.5 Å². The lowest BCUT2D eigenvalue weighted by Gasteiger charge is -2.29.